The van der Waals surface area contributed by atoms with Crippen molar-refractivity contribution < 1.29 is 5.11 Å². The summed E-state index contributed by atoms with van der Waals surface area (Å²) in [4.78, 5) is 0. The van der Waals surface area contributed by atoms with Gasteiger partial charge in [-0.05, 0) is 46.8 Å². The molecule has 128 valence electrons. The van der Waals surface area contributed by atoms with Gasteiger partial charge in [0.1, 0.15) is 5.75 Å². The van der Waals surface area contributed by atoms with E-state index >= 15 is 0 Å². The number of benzene rings is 1. The highest BCUT2D eigenvalue weighted by molar-refractivity contribution is 5.50. The summed E-state index contributed by atoms with van der Waals surface area (Å²) in [7, 11) is 0. The molecule has 0 aromatic heterocycles. The molecule has 0 aliphatic carbocycles. The van der Waals surface area contributed by atoms with Gasteiger partial charge in [-0.2, -0.15) is 0 Å². The molecule has 0 aliphatic rings. The first-order valence-electron chi connectivity index (χ1n) is 8.67. The van der Waals surface area contributed by atoms with Crippen molar-refractivity contribution in [1.82, 2.24) is 0 Å². The maximum Gasteiger partial charge on any atom is 0.123 e. The van der Waals surface area contributed by atoms with Crippen molar-refractivity contribution in [2.24, 2.45) is 11.8 Å². The van der Waals surface area contributed by atoms with E-state index in [-0.39, 0.29) is 10.8 Å². The lowest BCUT2D eigenvalue weighted by Crippen LogP contribution is -2.19. The molecule has 2 atom stereocenters. The zero-order valence-electron chi connectivity index (χ0n) is 16.5. The van der Waals surface area contributed by atoms with E-state index in [1.807, 2.05) is 6.92 Å². The Balaban J connectivity index is 3.36. The second-order valence-electron chi connectivity index (χ2n) is 8.90. The van der Waals surface area contributed by atoms with Gasteiger partial charge in [-0.3, -0.25) is 0 Å². The summed E-state index contributed by atoms with van der Waals surface area (Å²) < 4.78 is 0. The molecule has 0 radical (unpaired) electrons. The Kier molecular flexibility index (Phi) is 5.97. The van der Waals surface area contributed by atoms with E-state index in [4.69, 9.17) is 0 Å². The first-order valence-corrected chi connectivity index (χ1v) is 8.67. The van der Waals surface area contributed by atoms with E-state index in [1.54, 1.807) is 0 Å². The van der Waals surface area contributed by atoms with Crippen LogP contribution in [0.5, 0.6) is 5.75 Å². The summed E-state index contributed by atoms with van der Waals surface area (Å²) in [5.74, 6) is 7.63. The predicted molar refractivity (Wildman–Crippen MR) is 101 cm³/mol. The van der Waals surface area contributed by atoms with E-state index in [2.05, 4.69) is 79.4 Å². The number of phenolic OH excluding ortho intramolecular Hbond substituents is 1. The van der Waals surface area contributed by atoms with Crippen LogP contribution in [0, 0.1) is 23.7 Å². The van der Waals surface area contributed by atoms with E-state index in [1.165, 1.54) is 5.56 Å². The summed E-state index contributed by atoms with van der Waals surface area (Å²) in [6.07, 6.45) is 0.988. The van der Waals surface area contributed by atoms with E-state index in [9.17, 15) is 5.11 Å². The van der Waals surface area contributed by atoms with Gasteiger partial charge in [0.05, 0.1) is 0 Å². The Morgan fingerprint density at radius 2 is 1.39 bits per heavy atom. The molecule has 1 rings (SSSR count). The van der Waals surface area contributed by atoms with Crippen LogP contribution in [0.2, 0.25) is 0 Å². The minimum absolute atomic E-state index is 0.0713. The van der Waals surface area contributed by atoms with Crippen molar-refractivity contribution in [3.8, 4) is 17.6 Å². The molecule has 0 amide bonds. The maximum atomic E-state index is 10.8. The topological polar surface area (TPSA) is 20.2 Å². The molecule has 1 aromatic carbocycles. The Morgan fingerprint density at radius 1 is 0.957 bits per heavy atom. The minimum atomic E-state index is -0.0713. The van der Waals surface area contributed by atoms with Gasteiger partial charge < -0.3 is 5.11 Å². The molecule has 1 heteroatoms. The number of rotatable bonds is 3. The predicted octanol–water partition coefficient (Wildman–Crippen LogP) is 5.83. The standard InChI is InChI=1S/C22H34O/c1-10-11-15(2)16(3)12-17-13-18(21(4,5)6)20(23)19(14-17)22(7,8)9/h13-16,23H,12H2,1-9H3. The van der Waals surface area contributed by atoms with Crippen LogP contribution in [0.25, 0.3) is 0 Å². The molecule has 2 unspecified atom stereocenters. The first kappa shape index (κ1) is 19.6. The van der Waals surface area contributed by atoms with Gasteiger partial charge in [-0.25, -0.2) is 0 Å². The normalized spacial score (nSPS) is 14.8. The average Bonchev–Trinajstić information content (AvgIpc) is 2.38. The minimum Gasteiger partial charge on any atom is -0.507 e. The quantitative estimate of drug-likeness (QED) is 0.696. The van der Waals surface area contributed by atoms with Crippen LogP contribution in [0.15, 0.2) is 12.1 Å². The molecular formula is C22H34O. The Labute approximate surface area is 143 Å². The fourth-order valence-corrected chi connectivity index (χ4v) is 2.87. The first-order chi connectivity index (χ1) is 10.4. The fraction of sp³-hybridized carbons (Fsp3) is 0.636. The maximum absolute atomic E-state index is 10.8. The number of hydrogen-bond donors (Lipinski definition) is 1. The summed E-state index contributed by atoms with van der Waals surface area (Å²) in [6.45, 7) is 19.3. The van der Waals surface area contributed by atoms with Gasteiger partial charge in [0, 0.05) is 5.92 Å². The zero-order chi connectivity index (χ0) is 18.0. The van der Waals surface area contributed by atoms with Gasteiger partial charge in [-0.1, -0.05) is 67.5 Å². The molecule has 1 nitrogen and oxygen atoms in total. The highest BCUT2D eigenvalue weighted by Gasteiger charge is 2.27. The molecular weight excluding hydrogens is 280 g/mol. The van der Waals surface area contributed by atoms with Crippen LogP contribution in [0.4, 0.5) is 0 Å². The van der Waals surface area contributed by atoms with E-state index in [0.717, 1.165) is 17.5 Å². The lowest BCUT2D eigenvalue weighted by Gasteiger charge is -2.29. The monoisotopic (exact) mass is 314 g/mol. The third-order valence-electron chi connectivity index (χ3n) is 4.57. The molecule has 0 fully saturated rings. The molecule has 1 aromatic rings. The van der Waals surface area contributed by atoms with Crippen molar-refractivity contribution in [3.05, 3.63) is 28.8 Å². The highest BCUT2D eigenvalue weighted by atomic mass is 16.3. The second kappa shape index (κ2) is 7.00. The Morgan fingerprint density at radius 3 is 1.74 bits per heavy atom. The molecule has 0 saturated carbocycles. The van der Waals surface area contributed by atoms with Crippen LogP contribution in [-0.2, 0) is 17.3 Å². The molecule has 1 N–H and O–H groups in total. The summed E-state index contributed by atoms with van der Waals surface area (Å²) in [5, 5.41) is 10.8. The number of hydrogen-bond acceptors (Lipinski definition) is 1. The smallest absolute Gasteiger partial charge is 0.123 e. The van der Waals surface area contributed by atoms with Crippen LogP contribution >= 0.6 is 0 Å². The van der Waals surface area contributed by atoms with Crippen LogP contribution in [-0.4, -0.2) is 5.11 Å². The summed E-state index contributed by atoms with van der Waals surface area (Å²) >= 11 is 0. The van der Waals surface area contributed by atoms with Crippen LogP contribution in [0.1, 0.15) is 79.0 Å². The summed E-state index contributed by atoms with van der Waals surface area (Å²) in [6, 6.07) is 4.38. The van der Waals surface area contributed by atoms with Gasteiger partial charge in [-0.15, -0.1) is 11.8 Å². The molecule has 0 heterocycles. The average molecular weight is 315 g/mol. The zero-order valence-corrected chi connectivity index (χ0v) is 16.5. The van der Waals surface area contributed by atoms with Crippen LogP contribution in [0.3, 0.4) is 0 Å². The molecule has 23 heavy (non-hydrogen) atoms. The highest BCUT2D eigenvalue weighted by Crippen LogP contribution is 2.40. The number of aromatic hydroxyl groups is 1. The van der Waals surface area contributed by atoms with Gasteiger partial charge in [0.15, 0.2) is 0 Å². The van der Waals surface area contributed by atoms with Crippen LogP contribution < -0.4 is 0 Å². The Hall–Kier alpha value is -1.42. The third kappa shape index (κ3) is 5.03. The molecule has 0 saturated heterocycles. The van der Waals surface area contributed by atoms with Crippen molar-refractivity contribution in [3.63, 3.8) is 0 Å². The van der Waals surface area contributed by atoms with Crippen molar-refractivity contribution >= 4 is 0 Å². The van der Waals surface area contributed by atoms with Gasteiger partial charge >= 0.3 is 0 Å². The lowest BCUT2D eigenvalue weighted by atomic mass is 9.77. The molecule has 0 bridgehead atoms. The third-order valence-corrected chi connectivity index (χ3v) is 4.57. The Bertz CT molecular complexity index is 565. The molecule has 0 aliphatic heterocycles. The van der Waals surface area contributed by atoms with E-state index in [0.29, 0.717) is 17.6 Å². The van der Waals surface area contributed by atoms with Crippen molar-refractivity contribution in [2.45, 2.75) is 79.6 Å². The van der Waals surface area contributed by atoms with Gasteiger partial charge in [0.25, 0.3) is 0 Å². The fourth-order valence-electron chi connectivity index (χ4n) is 2.87. The lowest BCUT2D eigenvalue weighted by molar-refractivity contribution is 0.420. The molecule has 0 spiro atoms. The second-order valence-corrected chi connectivity index (χ2v) is 8.90. The largest absolute Gasteiger partial charge is 0.507 e. The van der Waals surface area contributed by atoms with Crippen molar-refractivity contribution in [2.75, 3.05) is 0 Å². The van der Waals surface area contributed by atoms with Crippen molar-refractivity contribution in [1.29, 1.82) is 0 Å². The van der Waals surface area contributed by atoms with Gasteiger partial charge in [0.2, 0.25) is 0 Å². The van der Waals surface area contributed by atoms with E-state index < -0.39 is 0 Å². The SMILES string of the molecule is CC#CC(C)C(C)Cc1cc(C(C)(C)C)c(O)c(C(C)(C)C)c1. The number of phenols is 1. The summed E-state index contributed by atoms with van der Waals surface area (Å²) in [5.41, 5.74) is 3.24.